The largest absolute Gasteiger partial charge is 0.337 e. The Morgan fingerprint density at radius 1 is 1.15 bits per heavy atom. The van der Waals surface area contributed by atoms with Gasteiger partial charge in [0.25, 0.3) is 15.9 Å². The summed E-state index contributed by atoms with van der Waals surface area (Å²) in [6.45, 7) is 5.02. The van der Waals surface area contributed by atoms with Crippen molar-refractivity contribution in [1.29, 1.82) is 0 Å². The zero-order valence-electron chi connectivity index (χ0n) is 15.6. The van der Waals surface area contributed by atoms with Gasteiger partial charge in [0.1, 0.15) is 0 Å². The van der Waals surface area contributed by atoms with Gasteiger partial charge in [-0.2, -0.15) is 0 Å². The van der Waals surface area contributed by atoms with E-state index in [0.29, 0.717) is 24.3 Å². The highest BCUT2D eigenvalue weighted by Crippen LogP contribution is 2.22. The summed E-state index contributed by atoms with van der Waals surface area (Å²) in [6, 6.07) is 11.5. The first-order chi connectivity index (χ1) is 12.8. The third kappa shape index (κ3) is 4.31. The highest BCUT2D eigenvalue weighted by molar-refractivity contribution is 7.92. The van der Waals surface area contributed by atoms with E-state index in [-0.39, 0.29) is 16.8 Å². The van der Waals surface area contributed by atoms with Gasteiger partial charge in [0.2, 0.25) is 0 Å². The van der Waals surface area contributed by atoms with E-state index in [0.717, 1.165) is 24.0 Å². The number of hydrogen-bond donors (Lipinski definition) is 2. The molecule has 3 N–H and O–H groups in total. The quantitative estimate of drug-likeness (QED) is 0.844. The van der Waals surface area contributed by atoms with E-state index in [4.69, 9.17) is 5.73 Å². The Hall–Kier alpha value is -2.38. The van der Waals surface area contributed by atoms with Crippen molar-refractivity contribution in [2.45, 2.75) is 37.6 Å². The lowest BCUT2D eigenvalue weighted by Crippen LogP contribution is -2.45. The third-order valence-electron chi connectivity index (χ3n) is 5.01. The molecule has 3 rings (SSSR count). The van der Waals surface area contributed by atoms with Gasteiger partial charge in [-0.3, -0.25) is 9.52 Å². The molecule has 2 aromatic carbocycles. The van der Waals surface area contributed by atoms with E-state index < -0.39 is 10.0 Å². The number of rotatable bonds is 4. The van der Waals surface area contributed by atoms with E-state index in [1.807, 2.05) is 26.0 Å². The van der Waals surface area contributed by atoms with Gasteiger partial charge in [0.05, 0.1) is 10.6 Å². The fraction of sp³-hybridized carbons (Fsp3) is 0.350. The van der Waals surface area contributed by atoms with E-state index in [2.05, 4.69) is 4.72 Å². The number of likely N-dealkylation sites (tertiary alicyclic amines) is 1. The van der Waals surface area contributed by atoms with Crippen LogP contribution in [0.3, 0.4) is 0 Å². The highest BCUT2D eigenvalue weighted by Gasteiger charge is 2.23. The monoisotopic (exact) mass is 387 g/mol. The van der Waals surface area contributed by atoms with Crippen molar-refractivity contribution in [1.82, 2.24) is 4.90 Å². The van der Waals surface area contributed by atoms with Crippen LogP contribution in [0.1, 0.15) is 34.3 Å². The zero-order chi connectivity index (χ0) is 19.6. The van der Waals surface area contributed by atoms with Gasteiger partial charge in [-0.15, -0.1) is 0 Å². The zero-order valence-corrected chi connectivity index (χ0v) is 16.4. The van der Waals surface area contributed by atoms with Gasteiger partial charge >= 0.3 is 0 Å². The van der Waals surface area contributed by atoms with Crippen molar-refractivity contribution in [3.63, 3.8) is 0 Å². The minimum atomic E-state index is -3.72. The topological polar surface area (TPSA) is 92.5 Å². The number of nitrogens with two attached hydrogens (primary N) is 1. The molecule has 0 saturated carbocycles. The highest BCUT2D eigenvalue weighted by atomic mass is 32.2. The molecule has 7 heteroatoms. The number of carbonyl (C=O) groups excluding carboxylic acids is 1. The predicted octanol–water partition coefficient (Wildman–Crippen LogP) is 2.67. The maximum atomic E-state index is 12.7. The van der Waals surface area contributed by atoms with Crippen LogP contribution in [-0.4, -0.2) is 38.4 Å². The number of hydrogen-bond acceptors (Lipinski definition) is 4. The first-order valence-electron chi connectivity index (χ1n) is 9.02. The predicted molar refractivity (Wildman–Crippen MR) is 106 cm³/mol. The summed E-state index contributed by atoms with van der Waals surface area (Å²) < 4.78 is 28.0. The normalized spacial score (nSPS) is 17.6. The maximum absolute atomic E-state index is 12.7. The molecular formula is C20H25N3O3S. The number of amides is 1. The Morgan fingerprint density at radius 2 is 1.85 bits per heavy atom. The van der Waals surface area contributed by atoms with Gasteiger partial charge < -0.3 is 10.6 Å². The number of sulfonamides is 1. The van der Waals surface area contributed by atoms with Gasteiger partial charge in [0.15, 0.2) is 0 Å². The lowest BCUT2D eigenvalue weighted by atomic mass is 10.1. The molecule has 6 nitrogen and oxygen atoms in total. The summed E-state index contributed by atoms with van der Waals surface area (Å²) in [5.41, 5.74) is 8.85. The second kappa shape index (κ2) is 7.70. The third-order valence-corrected chi connectivity index (χ3v) is 6.39. The van der Waals surface area contributed by atoms with Gasteiger partial charge in [-0.05, 0) is 68.1 Å². The average molecular weight is 388 g/mol. The van der Waals surface area contributed by atoms with E-state index in [9.17, 15) is 13.2 Å². The van der Waals surface area contributed by atoms with Crippen LogP contribution in [0.15, 0.2) is 47.4 Å². The number of nitrogens with one attached hydrogen (secondary N) is 1. The fourth-order valence-electron chi connectivity index (χ4n) is 3.22. The standard InChI is InChI=1S/C20H25N3O3S/c1-14-5-3-7-19(15(14)2)22-27(25,26)18-10-8-16(9-11-18)20(24)23-12-4-6-17(21)13-23/h3,5,7-11,17,22H,4,6,12-13,21H2,1-2H3. The Morgan fingerprint density at radius 3 is 2.52 bits per heavy atom. The van der Waals surface area contributed by atoms with E-state index in [1.165, 1.54) is 12.1 Å². The van der Waals surface area contributed by atoms with Crippen LogP contribution in [0.25, 0.3) is 0 Å². The smallest absolute Gasteiger partial charge is 0.261 e. The number of nitrogens with zero attached hydrogens (tertiary/aromatic N) is 1. The van der Waals surface area contributed by atoms with Crippen LogP contribution in [0.2, 0.25) is 0 Å². The maximum Gasteiger partial charge on any atom is 0.261 e. The average Bonchev–Trinajstić information content (AvgIpc) is 2.65. The number of aryl methyl sites for hydroxylation is 1. The summed E-state index contributed by atoms with van der Waals surface area (Å²) in [7, 11) is -3.72. The molecule has 1 aliphatic rings. The Kier molecular flexibility index (Phi) is 5.53. The van der Waals surface area contributed by atoms with Crippen molar-refractivity contribution in [3.05, 3.63) is 59.2 Å². The molecule has 0 radical (unpaired) electrons. The minimum Gasteiger partial charge on any atom is -0.337 e. The molecule has 0 aromatic heterocycles. The van der Waals surface area contributed by atoms with Crippen LogP contribution >= 0.6 is 0 Å². The Bertz CT molecular complexity index is 939. The molecule has 1 atom stereocenters. The fourth-order valence-corrected chi connectivity index (χ4v) is 4.34. The molecule has 0 bridgehead atoms. The van der Waals surface area contributed by atoms with Crippen LogP contribution in [0.4, 0.5) is 5.69 Å². The molecule has 144 valence electrons. The lowest BCUT2D eigenvalue weighted by molar-refractivity contribution is 0.0708. The first kappa shape index (κ1) is 19.4. The van der Waals surface area contributed by atoms with Crippen molar-refractivity contribution in [2.75, 3.05) is 17.8 Å². The van der Waals surface area contributed by atoms with Crippen LogP contribution < -0.4 is 10.5 Å². The van der Waals surface area contributed by atoms with Crippen LogP contribution in [-0.2, 0) is 10.0 Å². The van der Waals surface area contributed by atoms with Crippen molar-refractivity contribution < 1.29 is 13.2 Å². The van der Waals surface area contributed by atoms with Crippen LogP contribution in [0, 0.1) is 13.8 Å². The molecule has 1 aliphatic heterocycles. The van der Waals surface area contributed by atoms with E-state index >= 15 is 0 Å². The molecule has 2 aromatic rings. The molecule has 1 fully saturated rings. The van der Waals surface area contributed by atoms with Crippen molar-refractivity contribution in [3.8, 4) is 0 Å². The SMILES string of the molecule is Cc1cccc(NS(=O)(=O)c2ccc(C(=O)N3CCCC(N)C3)cc2)c1C. The first-order valence-corrected chi connectivity index (χ1v) is 10.5. The second-order valence-corrected chi connectivity index (χ2v) is 8.71. The molecule has 1 amide bonds. The summed E-state index contributed by atoms with van der Waals surface area (Å²) in [4.78, 5) is 14.4. The Labute approximate surface area is 160 Å². The van der Waals surface area contributed by atoms with E-state index in [1.54, 1.807) is 23.1 Å². The number of piperidine rings is 1. The molecular weight excluding hydrogens is 362 g/mol. The van der Waals surface area contributed by atoms with Gasteiger partial charge in [0, 0.05) is 24.7 Å². The number of anilines is 1. The number of carbonyl (C=O) groups is 1. The summed E-state index contributed by atoms with van der Waals surface area (Å²) >= 11 is 0. The Balaban J connectivity index is 1.77. The molecule has 1 saturated heterocycles. The minimum absolute atomic E-state index is 0.00381. The summed E-state index contributed by atoms with van der Waals surface area (Å²) in [5, 5.41) is 0. The second-order valence-electron chi connectivity index (χ2n) is 7.03. The number of benzene rings is 2. The molecule has 0 spiro atoms. The molecule has 27 heavy (non-hydrogen) atoms. The lowest BCUT2D eigenvalue weighted by Gasteiger charge is -2.30. The molecule has 1 heterocycles. The summed E-state index contributed by atoms with van der Waals surface area (Å²) in [6.07, 6.45) is 1.81. The summed E-state index contributed by atoms with van der Waals surface area (Å²) in [5.74, 6) is -0.114. The molecule has 0 aliphatic carbocycles. The van der Waals surface area contributed by atoms with Crippen LogP contribution in [0.5, 0.6) is 0 Å². The van der Waals surface area contributed by atoms with Crippen molar-refractivity contribution >= 4 is 21.6 Å². The molecule has 1 unspecified atom stereocenters. The van der Waals surface area contributed by atoms with Gasteiger partial charge in [-0.25, -0.2) is 8.42 Å². The van der Waals surface area contributed by atoms with Gasteiger partial charge in [-0.1, -0.05) is 12.1 Å². The van der Waals surface area contributed by atoms with Crippen molar-refractivity contribution in [2.24, 2.45) is 5.73 Å².